The van der Waals surface area contributed by atoms with Crippen LogP contribution in [0.25, 0.3) is 0 Å². The first kappa shape index (κ1) is 9.90. The van der Waals surface area contributed by atoms with Crippen LogP contribution in [-0.2, 0) is 0 Å². The molecular weight excluding hydrogens is 266 g/mol. The summed E-state index contributed by atoms with van der Waals surface area (Å²) in [6.45, 7) is 1.01. The fourth-order valence-corrected chi connectivity index (χ4v) is 2.64. The summed E-state index contributed by atoms with van der Waals surface area (Å²) in [7, 11) is 0. The Hall–Kier alpha value is -1.29. The third kappa shape index (κ3) is 1.63. The van der Waals surface area contributed by atoms with Gasteiger partial charge in [-0.1, -0.05) is 22.0 Å². The normalized spacial score (nSPS) is 18.9. The predicted octanol–water partition coefficient (Wildman–Crippen LogP) is 3.12. The van der Waals surface area contributed by atoms with Gasteiger partial charge in [-0.05, 0) is 30.2 Å². The lowest BCUT2D eigenvalue weighted by Gasteiger charge is -2.26. The zero-order valence-electron chi connectivity index (χ0n) is 8.70. The van der Waals surface area contributed by atoms with Gasteiger partial charge in [0.1, 0.15) is 0 Å². The first-order chi connectivity index (χ1) is 7.84. The molecule has 0 amide bonds. The predicted molar refractivity (Wildman–Crippen MR) is 67.7 cm³/mol. The molecule has 16 heavy (non-hydrogen) atoms. The van der Waals surface area contributed by atoms with Crippen LogP contribution >= 0.6 is 15.9 Å². The lowest BCUT2D eigenvalue weighted by Crippen LogP contribution is -2.17. The maximum Gasteiger partial charge on any atom is 0.0490 e. The van der Waals surface area contributed by atoms with Gasteiger partial charge in [-0.15, -0.1) is 0 Å². The molecule has 0 fully saturated rings. The van der Waals surface area contributed by atoms with E-state index in [1.807, 2.05) is 6.20 Å². The van der Waals surface area contributed by atoms with Crippen molar-refractivity contribution in [1.82, 2.24) is 10.2 Å². The molecule has 1 atom stereocenters. The molecule has 0 aliphatic carbocycles. The SMILES string of the molecule is Brc1ccc2c(c1)NCCC2c1ccn[nH]1. The summed E-state index contributed by atoms with van der Waals surface area (Å²) in [5, 5.41) is 10.5. The zero-order valence-corrected chi connectivity index (χ0v) is 10.3. The molecule has 0 radical (unpaired) electrons. The fraction of sp³-hybridized carbons (Fsp3) is 0.250. The number of aromatic nitrogens is 2. The summed E-state index contributed by atoms with van der Waals surface area (Å²) < 4.78 is 1.11. The summed E-state index contributed by atoms with van der Waals surface area (Å²) in [6.07, 6.45) is 2.92. The summed E-state index contributed by atoms with van der Waals surface area (Å²) >= 11 is 3.50. The average Bonchev–Trinajstić information content (AvgIpc) is 2.81. The van der Waals surface area contributed by atoms with Crippen LogP contribution in [0.1, 0.15) is 23.6 Å². The van der Waals surface area contributed by atoms with Gasteiger partial charge >= 0.3 is 0 Å². The number of hydrogen-bond donors (Lipinski definition) is 2. The van der Waals surface area contributed by atoms with Gasteiger partial charge < -0.3 is 5.32 Å². The lowest BCUT2D eigenvalue weighted by molar-refractivity contribution is 0.696. The Balaban J connectivity index is 2.06. The molecule has 1 unspecified atom stereocenters. The summed E-state index contributed by atoms with van der Waals surface area (Å²) in [5.74, 6) is 0.437. The van der Waals surface area contributed by atoms with Crippen molar-refractivity contribution in [2.45, 2.75) is 12.3 Å². The van der Waals surface area contributed by atoms with Crippen molar-refractivity contribution >= 4 is 21.6 Å². The van der Waals surface area contributed by atoms with Gasteiger partial charge in [0.25, 0.3) is 0 Å². The van der Waals surface area contributed by atoms with Crippen LogP contribution in [0.3, 0.4) is 0 Å². The van der Waals surface area contributed by atoms with E-state index >= 15 is 0 Å². The summed E-state index contributed by atoms with van der Waals surface area (Å²) in [4.78, 5) is 0. The van der Waals surface area contributed by atoms with Crippen LogP contribution < -0.4 is 5.32 Å². The Kier molecular flexibility index (Phi) is 2.44. The van der Waals surface area contributed by atoms with Gasteiger partial charge in [0.15, 0.2) is 0 Å². The van der Waals surface area contributed by atoms with Crippen molar-refractivity contribution < 1.29 is 0 Å². The molecule has 82 valence electrons. The second kappa shape index (κ2) is 3.94. The molecule has 1 aliphatic heterocycles. The molecule has 1 aromatic heterocycles. The first-order valence-corrected chi connectivity index (χ1v) is 6.16. The molecule has 4 heteroatoms. The highest BCUT2D eigenvalue weighted by molar-refractivity contribution is 9.10. The number of anilines is 1. The minimum atomic E-state index is 0.437. The van der Waals surface area contributed by atoms with Crippen molar-refractivity contribution in [3.63, 3.8) is 0 Å². The Morgan fingerprint density at radius 2 is 2.25 bits per heavy atom. The van der Waals surface area contributed by atoms with Crippen molar-refractivity contribution in [2.24, 2.45) is 0 Å². The van der Waals surface area contributed by atoms with Crippen LogP contribution in [0.4, 0.5) is 5.69 Å². The van der Waals surface area contributed by atoms with E-state index in [1.165, 1.54) is 16.9 Å². The van der Waals surface area contributed by atoms with Crippen molar-refractivity contribution in [3.05, 3.63) is 46.2 Å². The quantitative estimate of drug-likeness (QED) is 0.841. The molecule has 2 N–H and O–H groups in total. The highest BCUT2D eigenvalue weighted by atomic mass is 79.9. The van der Waals surface area contributed by atoms with Gasteiger partial charge in [-0.25, -0.2) is 0 Å². The van der Waals surface area contributed by atoms with Gasteiger partial charge in [0.2, 0.25) is 0 Å². The third-order valence-corrected chi connectivity index (χ3v) is 3.53. The van der Waals surface area contributed by atoms with Gasteiger partial charge in [0, 0.05) is 34.5 Å². The Morgan fingerprint density at radius 3 is 3.06 bits per heavy atom. The van der Waals surface area contributed by atoms with E-state index in [-0.39, 0.29) is 0 Å². The Bertz CT molecular complexity index is 493. The fourth-order valence-electron chi connectivity index (χ4n) is 2.28. The number of hydrogen-bond acceptors (Lipinski definition) is 2. The minimum Gasteiger partial charge on any atom is -0.385 e. The average molecular weight is 278 g/mol. The van der Waals surface area contributed by atoms with E-state index in [0.29, 0.717) is 5.92 Å². The van der Waals surface area contributed by atoms with E-state index in [0.717, 1.165) is 17.4 Å². The molecule has 3 rings (SSSR count). The summed E-state index contributed by atoms with van der Waals surface area (Å²) in [5.41, 5.74) is 3.77. The second-order valence-corrected chi connectivity index (χ2v) is 4.93. The Labute approximate surface area is 102 Å². The topological polar surface area (TPSA) is 40.7 Å². The largest absolute Gasteiger partial charge is 0.385 e. The lowest BCUT2D eigenvalue weighted by atomic mass is 9.88. The van der Waals surface area contributed by atoms with Crippen LogP contribution in [-0.4, -0.2) is 16.7 Å². The Morgan fingerprint density at radius 1 is 1.31 bits per heavy atom. The highest BCUT2D eigenvalue weighted by Crippen LogP contribution is 2.36. The standard InChI is InChI=1S/C12H12BrN3/c13-8-1-2-9-10(11-4-6-15-16-11)3-5-14-12(9)7-8/h1-2,4,6-7,10,14H,3,5H2,(H,15,16). The molecule has 0 spiro atoms. The smallest absolute Gasteiger partial charge is 0.0490 e. The van der Waals surface area contributed by atoms with E-state index in [9.17, 15) is 0 Å². The van der Waals surface area contributed by atoms with Gasteiger partial charge in [0.05, 0.1) is 0 Å². The molecule has 3 nitrogen and oxygen atoms in total. The molecular formula is C12H12BrN3. The number of nitrogens with zero attached hydrogens (tertiary/aromatic N) is 1. The number of benzene rings is 1. The number of aromatic amines is 1. The van der Waals surface area contributed by atoms with Crippen molar-refractivity contribution in [3.8, 4) is 0 Å². The number of halogens is 1. The molecule has 2 aromatic rings. The summed E-state index contributed by atoms with van der Waals surface area (Å²) in [6, 6.07) is 8.46. The van der Waals surface area contributed by atoms with E-state index in [1.54, 1.807) is 0 Å². The molecule has 1 aromatic carbocycles. The number of fused-ring (bicyclic) bond motifs is 1. The molecule has 0 saturated heterocycles. The van der Waals surface area contributed by atoms with Crippen LogP contribution in [0.5, 0.6) is 0 Å². The van der Waals surface area contributed by atoms with Crippen LogP contribution in [0, 0.1) is 0 Å². The molecule has 0 bridgehead atoms. The van der Waals surface area contributed by atoms with Crippen molar-refractivity contribution in [1.29, 1.82) is 0 Å². The monoisotopic (exact) mass is 277 g/mol. The van der Waals surface area contributed by atoms with Crippen molar-refractivity contribution in [2.75, 3.05) is 11.9 Å². The number of nitrogens with one attached hydrogen (secondary N) is 2. The maximum atomic E-state index is 4.03. The van der Waals surface area contributed by atoms with Crippen LogP contribution in [0.2, 0.25) is 0 Å². The van der Waals surface area contributed by atoms with E-state index < -0.39 is 0 Å². The van der Waals surface area contributed by atoms with Gasteiger partial charge in [-0.3, -0.25) is 5.10 Å². The van der Waals surface area contributed by atoms with Crippen LogP contribution in [0.15, 0.2) is 34.9 Å². The minimum absolute atomic E-state index is 0.437. The van der Waals surface area contributed by atoms with E-state index in [4.69, 9.17) is 0 Å². The first-order valence-electron chi connectivity index (χ1n) is 5.37. The second-order valence-electron chi connectivity index (χ2n) is 4.01. The van der Waals surface area contributed by atoms with Gasteiger partial charge in [-0.2, -0.15) is 5.10 Å². The maximum absolute atomic E-state index is 4.03. The molecule has 0 saturated carbocycles. The third-order valence-electron chi connectivity index (χ3n) is 3.04. The zero-order chi connectivity index (χ0) is 11.0. The number of H-pyrrole nitrogens is 1. The highest BCUT2D eigenvalue weighted by Gasteiger charge is 2.22. The van der Waals surface area contributed by atoms with E-state index in [2.05, 4.69) is 55.7 Å². The number of rotatable bonds is 1. The molecule has 2 heterocycles. The molecule has 1 aliphatic rings.